The van der Waals surface area contributed by atoms with E-state index in [0.717, 1.165) is 16.7 Å². The van der Waals surface area contributed by atoms with E-state index in [1.54, 1.807) is 0 Å². The molecule has 0 bridgehead atoms. The van der Waals surface area contributed by atoms with Crippen LogP contribution in [0.5, 0.6) is 0 Å². The van der Waals surface area contributed by atoms with Crippen LogP contribution in [-0.4, -0.2) is 0 Å². The molecule has 1 nitrogen and oxygen atoms in total. The molecule has 0 radical (unpaired) electrons. The first kappa shape index (κ1) is 12.2. The van der Waals surface area contributed by atoms with Gasteiger partial charge in [0.1, 0.15) is 0 Å². The van der Waals surface area contributed by atoms with Crippen molar-refractivity contribution in [3.8, 4) is 0 Å². The van der Waals surface area contributed by atoms with Crippen LogP contribution in [0.15, 0.2) is 46.9 Å². The molecule has 0 heterocycles. The van der Waals surface area contributed by atoms with Crippen LogP contribution in [0, 0.1) is 13.8 Å². The number of nitrogens with one attached hydrogen (secondary N) is 1. The molecule has 0 aliphatic carbocycles. The van der Waals surface area contributed by atoms with Crippen LogP contribution in [0.2, 0.25) is 0 Å². The first-order valence-corrected chi connectivity index (χ1v) is 6.50. The van der Waals surface area contributed by atoms with E-state index < -0.39 is 0 Å². The van der Waals surface area contributed by atoms with Crippen LogP contribution in [-0.2, 0) is 6.54 Å². The summed E-state index contributed by atoms with van der Waals surface area (Å²) in [6.45, 7) is 5.16. The maximum absolute atomic E-state index is 3.43. The molecule has 0 unspecified atom stereocenters. The Labute approximate surface area is 111 Å². The molecule has 0 amide bonds. The van der Waals surface area contributed by atoms with Gasteiger partial charge in [0.25, 0.3) is 0 Å². The third kappa shape index (κ3) is 3.34. The van der Waals surface area contributed by atoms with Crippen molar-refractivity contribution in [1.29, 1.82) is 0 Å². The number of anilines is 1. The normalized spacial score (nSPS) is 10.3. The smallest absolute Gasteiger partial charge is 0.0400 e. The monoisotopic (exact) mass is 289 g/mol. The number of rotatable bonds is 3. The van der Waals surface area contributed by atoms with Crippen molar-refractivity contribution < 1.29 is 0 Å². The number of hydrogen-bond donors (Lipinski definition) is 1. The molecule has 2 aromatic rings. The second-order valence-corrected chi connectivity index (χ2v) is 5.19. The molecule has 17 heavy (non-hydrogen) atoms. The van der Waals surface area contributed by atoms with Crippen molar-refractivity contribution >= 4 is 21.6 Å². The highest BCUT2D eigenvalue weighted by atomic mass is 79.9. The molecule has 2 aromatic carbocycles. The van der Waals surface area contributed by atoms with Crippen molar-refractivity contribution in [3.05, 3.63) is 63.6 Å². The lowest BCUT2D eigenvalue weighted by Gasteiger charge is -2.08. The van der Waals surface area contributed by atoms with Gasteiger partial charge in [-0.2, -0.15) is 0 Å². The van der Waals surface area contributed by atoms with E-state index in [4.69, 9.17) is 0 Å². The molecular weight excluding hydrogens is 274 g/mol. The van der Waals surface area contributed by atoms with E-state index in [2.05, 4.69) is 65.4 Å². The van der Waals surface area contributed by atoms with Crippen LogP contribution in [0.1, 0.15) is 16.7 Å². The molecule has 2 heteroatoms. The summed E-state index contributed by atoms with van der Waals surface area (Å²) in [5.74, 6) is 0. The largest absolute Gasteiger partial charge is 0.381 e. The van der Waals surface area contributed by atoms with Crippen LogP contribution >= 0.6 is 15.9 Å². The van der Waals surface area contributed by atoms with E-state index in [1.165, 1.54) is 16.7 Å². The molecular formula is C15H16BrN. The van der Waals surface area contributed by atoms with Gasteiger partial charge in [0.15, 0.2) is 0 Å². The highest BCUT2D eigenvalue weighted by Crippen LogP contribution is 2.16. The maximum Gasteiger partial charge on any atom is 0.0400 e. The number of aryl methyl sites for hydroxylation is 2. The quantitative estimate of drug-likeness (QED) is 0.865. The van der Waals surface area contributed by atoms with Crippen LogP contribution < -0.4 is 5.32 Å². The minimum Gasteiger partial charge on any atom is -0.381 e. The van der Waals surface area contributed by atoms with Crippen LogP contribution in [0.3, 0.4) is 0 Å². The molecule has 0 aromatic heterocycles. The summed E-state index contributed by atoms with van der Waals surface area (Å²) in [5, 5.41) is 3.41. The zero-order valence-corrected chi connectivity index (χ0v) is 11.7. The standard InChI is InChI=1S/C15H16BrN/c1-11-3-4-13(9-12(11)2)10-17-15-7-5-14(16)6-8-15/h3-9,17H,10H2,1-2H3. The minimum atomic E-state index is 0.864. The first-order chi connectivity index (χ1) is 8.15. The third-order valence-electron chi connectivity index (χ3n) is 2.91. The molecule has 0 saturated carbocycles. The first-order valence-electron chi connectivity index (χ1n) is 5.71. The van der Waals surface area contributed by atoms with Gasteiger partial charge in [-0.1, -0.05) is 34.1 Å². The lowest BCUT2D eigenvalue weighted by atomic mass is 10.1. The minimum absolute atomic E-state index is 0.864. The Morgan fingerprint density at radius 2 is 1.65 bits per heavy atom. The SMILES string of the molecule is Cc1ccc(CNc2ccc(Br)cc2)cc1C. The summed E-state index contributed by atoms with van der Waals surface area (Å²) >= 11 is 3.43. The summed E-state index contributed by atoms with van der Waals surface area (Å²) < 4.78 is 1.11. The Kier molecular flexibility index (Phi) is 3.85. The lowest BCUT2D eigenvalue weighted by Crippen LogP contribution is -1.99. The van der Waals surface area contributed by atoms with Gasteiger partial charge in [0.2, 0.25) is 0 Å². The number of hydrogen-bond acceptors (Lipinski definition) is 1. The van der Waals surface area contributed by atoms with Gasteiger partial charge in [0, 0.05) is 16.7 Å². The van der Waals surface area contributed by atoms with Crippen molar-refractivity contribution in [1.82, 2.24) is 0 Å². The number of benzene rings is 2. The third-order valence-corrected chi connectivity index (χ3v) is 3.44. The Bertz CT molecular complexity index is 503. The summed E-state index contributed by atoms with van der Waals surface area (Å²) in [4.78, 5) is 0. The van der Waals surface area contributed by atoms with Crippen molar-refractivity contribution in [2.75, 3.05) is 5.32 Å². The molecule has 0 fully saturated rings. The van der Waals surface area contributed by atoms with E-state index >= 15 is 0 Å². The molecule has 0 saturated heterocycles. The van der Waals surface area contributed by atoms with Gasteiger partial charge in [-0.05, 0) is 54.8 Å². The topological polar surface area (TPSA) is 12.0 Å². The highest BCUT2D eigenvalue weighted by Gasteiger charge is 1.97. The molecule has 0 aliphatic rings. The van der Waals surface area contributed by atoms with Crippen molar-refractivity contribution in [2.24, 2.45) is 0 Å². The van der Waals surface area contributed by atoms with Gasteiger partial charge < -0.3 is 5.32 Å². The van der Waals surface area contributed by atoms with E-state index in [9.17, 15) is 0 Å². The molecule has 0 atom stereocenters. The van der Waals surface area contributed by atoms with Gasteiger partial charge in [-0.3, -0.25) is 0 Å². The lowest BCUT2D eigenvalue weighted by molar-refractivity contribution is 1.13. The zero-order valence-electron chi connectivity index (χ0n) is 10.1. The fraction of sp³-hybridized carbons (Fsp3) is 0.200. The molecule has 0 aliphatic heterocycles. The number of halogens is 1. The van der Waals surface area contributed by atoms with Crippen molar-refractivity contribution in [2.45, 2.75) is 20.4 Å². The van der Waals surface area contributed by atoms with Gasteiger partial charge in [-0.15, -0.1) is 0 Å². The average Bonchev–Trinajstić information content (AvgIpc) is 2.33. The van der Waals surface area contributed by atoms with Crippen LogP contribution in [0.4, 0.5) is 5.69 Å². The molecule has 2 rings (SSSR count). The highest BCUT2D eigenvalue weighted by molar-refractivity contribution is 9.10. The average molecular weight is 290 g/mol. The fourth-order valence-corrected chi connectivity index (χ4v) is 1.95. The second kappa shape index (κ2) is 5.37. The Morgan fingerprint density at radius 3 is 2.29 bits per heavy atom. The Balaban J connectivity index is 2.02. The second-order valence-electron chi connectivity index (χ2n) is 4.28. The summed E-state index contributed by atoms with van der Waals surface area (Å²) in [6, 6.07) is 14.8. The van der Waals surface area contributed by atoms with Gasteiger partial charge in [-0.25, -0.2) is 0 Å². The predicted molar refractivity (Wildman–Crippen MR) is 77.4 cm³/mol. The van der Waals surface area contributed by atoms with Crippen molar-refractivity contribution in [3.63, 3.8) is 0 Å². The summed E-state index contributed by atoms with van der Waals surface area (Å²) in [7, 11) is 0. The van der Waals surface area contributed by atoms with E-state index in [0.29, 0.717) is 0 Å². The summed E-state index contributed by atoms with van der Waals surface area (Å²) in [6.07, 6.45) is 0. The molecule has 1 N–H and O–H groups in total. The van der Waals surface area contributed by atoms with Crippen LogP contribution in [0.25, 0.3) is 0 Å². The zero-order chi connectivity index (χ0) is 12.3. The van der Waals surface area contributed by atoms with E-state index in [-0.39, 0.29) is 0 Å². The predicted octanol–water partition coefficient (Wildman–Crippen LogP) is 4.68. The maximum atomic E-state index is 3.43. The molecule has 88 valence electrons. The fourth-order valence-electron chi connectivity index (χ4n) is 1.69. The van der Waals surface area contributed by atoms with E-state index in [1.807, 2.05) is 12.1 Å². The Hall–Kier alpha value is -1.28. The van der Waals surface area contributed by atoms with Gasteiger partial charge in [0.05, 0.1) is 0 Å². The van der Waals surface area contributed by atoms with Gasteiger partial charge >= 0.3 is 0 Å². The Morgan fingerprint density at radius 1 is 0.941 bits per heavy atom. The molecule has 0 spiro atoms. The summed E-state index contributed by atoms with van der Waals surface area (Å²) in [5.41, 5.74) is 5.15.